The van der Waals surface area contributed by atoms with Crippen LogP contribution in [0.1, 0.15) is 24.2 Å². The molecule has 0 radical (unpaired) electrons. The van der Waals surface area contributed by atoms with E-state index in [1.54, 1.807) is 9.80 Å². The molecule has 24 heavy (non-hydrogen) atoms. The van der Waals surface area contributed by atoms with E-state index >= 15 is 0 Å². The van der Waals surface area contributed by atoms with Gasteiger partial charge in [-0.1, -0.05) is 0 Å². The SMILES string of the molecule is Cc1cc(C(F)(F)F)nc(N2CCN(C(=O)C3CCCO3)CC2)n1. The largest absolute Gasteiger partial charge is 0.433 e. The van der Waals surface area contributed by atoms with E-state index in [1.807, 2.05) is 0 Å². The Labute approximate surface area is 137 Å². The first-order valence-electron chi connectivity index (χ1n) is 7.93. The molecule has 1 amide bonds. The highest BCUT2D eigenvalue weighted by Gasteiger charge is 2.35. The molecule has 9 heteroatoms. The number of ether oxygens (including phenoxy) is 1. The number of nitrogens with zero attached hydrogens (tertiary/aromatic N) is 4. The number of rotatable bonds is 2. The van der Waals surface area contributed by atoms with Gasteiger partial charge in [-0.25, -0.2) is 9.97 Å². The minimum Gasteiger partial charge on any atom is -0.368 e. The van der Waals surface area contributed by atoms with Gasteiger partial charge in [-0.2, -0.15) is 13.2 Å². The number of aromatic nitrogens is 2. The number of anilines is 1. The summed E-state index contributed by atoms with van der Waals surface area (Å²) in [5.41, 5.74) is -0.673. The summed E-state index contributed by atoms with van der Waals surface area (Å²) in [7, 11) is 0. The molecule has 3 rings (SSSR count). The Morgan fingerprint density at radius 2 is 1.96 bits per heavy atom. The molecule has 2 aliphatic rings. The third-order valence-electron chi connectivity index (χ3n) is 4.21. The fraction of sp³-hybridized carbons (Fsp3) is 0.667. The van der Waals surface area contributed by atoms with E-state index in [1.165, 1.54) is 6.92 Å². The molecule has 132 valence electrons. The molecule has 1 aromatic rings. The summed E-state index contributed by atoms with van der Waals surface area (Å²) >= 11 is 0. The van der Waals surface area contributed by atoms with E-state index in [9.17, 15) is 18.0 Å². The molecule has 0 bridgehead atoms. The topological polar surface area (TPSA) is 58.6 Å². The highest BCUT2D eigenvalue weighted by Crippen LogP contribution is 2.29. The standard InChI is InChI=1S/C15H19F3N4O2/c1-10-9-12(15(16,17)18)20-14(19-10)22-6-4-21(5-7-22)13(23)11-3-2-8-24-11/h9,11H,2-8H2,1H3. The van der Waals surface area contributed by atoms with Crippen molar-refractivity contribution in [3.05, 3.63) is 17.5 Å². The minimum absolute atomic E-state index is 0.0340. The van der Waals surface area contributed by atoms with Gasteiger partial charge < -0.3 is 14.5 Å². The van der Waals surface area contributed by atoms with Gasteiger partial charge in [0.1, 0.15) is 11.8 Å². The van der Waals surface area contributed by atoms with Gasteiger partial charge >= 0.3 is 6.18 Å². The molecule has 2 aliphatic heterocycles. The maximum atomic E-state index is 12.9. The first-order chi connectivity index (χ1) is 11.3. The quantitative estimate of drug-likeness (QED) is 0.816. The van der Waals surface area contributed by atoms with Crippen LogP contribution in [0.4, 0.5) is 19.1 Å². The zero-order valence-corrected chi connectivity index (χ0v) is 13.3. The van der Waals surface area contributed by atoms with Crippen molar-refractivity contribution in [2.75, 3.05) is 37.7 Å². The number of hydrogen-bond donors (Lipinski definition) is 0. The highest BCUT2D eigenvalue weighted by molar-refractivity contribution is 5.81. The lowest BCUT2D eigenvalue weighted by Gasteiger charge is -2.35. The second-order valence-corrected chi connectivity index (χ2v) is 6.01. The Morgan fingerprint density at radius 1 is 1.25 bits per heavy atom. The summed E-state index contributed by atoms with van der Waals surface area (Å²) in [5, 5.41) is 0. The molecule has 0 aliphatic carbocycles. The molecule has 1 unspecified atom stereocenters. The van der Waals surface area contributed by atoms with Crippen molar-refractivity contribution in [2.45, 2.75) is 32.0 Å². The van der Waals surface area contributed by atoms with Crippen molar-refractivity contribution in [3.63, 3.8) is 0 Å². The summed E-state index contributed by atoms with van der Waals surface area (Å²) in [5.74, 6) is 0.0276. The van der Waals surface area contributed by atoms with E-state index in [0.717, 1.165) is 18.9 Å². The maximum absolute atomic E-state index is 12.9. The lowest BCUT2D eigenvalue weighted by Crippen LogP contribution is -2.52. The molecule has 2 fully saturated rings. The van der Waals surface area contributed by atoms with Crippen molar-refractivity contribution in [2.24, 2.45) is 0 Å². The average Bonchev–Trinajstić information content (AvgIpc) is 3.07. The van der Waals surface area contributed by atoms with Crippen molar-refractivity contribution in [1.82, 2.24) is 14.9 Å². The smallest absolute Gasteiger partial charge is 0.368 e. The Kier molecular flexibility index (Phi) is 4.62. The van der Waals surface area contributed by atoms with Crippen LogP contribution in [0.3, 0.4) is 0 Å². The van der Waals surface area contributed by atoms with Gasteiger partial charge in [0.15, 0.2) is 0 Å². The summed E-state index contributed by atoms with van der Waals surface area (Å²) in [6.07, 6.45) is -3.26. The van der Waals surface area contributed by atoms with Crippen LogP contribution in [-0.4, -0.2) is 59.7 Å². The van der Waals surface area contributed by atoms with E-state index < -0.39 is 11.9 Å². The van der Waals surface area contributed by atoms with Gasteiger partial charge in [0.2, 0.25) is 5.95 Å². The third kappa shape index (κ3) is 3.61. The fourth-order valence-electron chi connectivity index (χ4n) is 2.94. The molecule has 0 saturated carbocycles. The Hall–Kier alpha value is -1.90. The van der Waals surface area contributed by atoms with Crippen molar-refractivity contribution >= 4 is 11.9 Å². The molecule has 6 nitrogen and oxygen atoms in total. The van der Waals surface area contributed by atoms with Gasteiger partial charge in [0.05, 0.1) is 0 Å². The maximum Gasteiger partial charge on any atom is 0.433 e. The molecule has 1 aromatic heterocycles. The number of alkyl halides is 3. The third-order valence-corrected chi connectivity index (χ3v) is 4.21. The van der Waals surface area contributed by atoms with Crippen LogP contribution in [0.25, 0.3) is 0 Å². The van der Waals surface area contributed by atoms with Crippen molar-refractivity contribution in [3.8, 4) is 0 Å². The second kappa shape index (κ2) is 6.54. The van der Waals surface area contributed by atoms with Gasteiger partial charge in [-0.05, 0) is 25.8 Å². The van der Waals surface area contributed by atoms with E-state index in [4.69, 9.17) is 4.74 Å². The Balaban J connectivity index is 1.66. The van der Waals surface area contributed by atoms with Crippen LogP contribution in [0.2, 0.25) is 0 Å². The van der Waals surface area contributed by atoms with Gasteiger partial charge in [0.25, 0.3) is 5.91 Å². The van der Waals surface area contributed by atoms with Crippen molar-refractivity contribution in [1.29, 1.82) is 0 Å². The second-order valence-electron chi connectivity index (χ2n) is 6.01. The molecular formula is C15H19F3N4O2. The predicted octanol–water partition coefficient (Wildman–Crippen LogP) is 1.63. The van der Waals surface area contributed by atoms with Crippen LogP contribution in [0, 0.1) is 6.92 Å². The van der Waals surface area contributed by atoms with E-state index in [0.29, 0.717) is 32.8 Å². The van der Waals surface area contributed by atoms with E-state index in [-0.39, 0.29) is 23.7 Å². The first-order valence-corrected chi connectivity index (χ1v) is 7.93. The van der Waals surface area contributed by atoms with E-state index in [2.05, 4.69) is 9.97 Å². The summed E-state index contributed by atoms with van der Waals surface area (Å²) in [6.45, 7) is 3.78. The summed E-state index contributed by atoms with van der Waals surface area (Å²) in [4.78, 5) is 23.4. The zero-order chi connectivity index (χ0) is 17.3. The monoisotopic (exact) mass is 344 g/mol. The van der Waals surface area contributed by atoms with Gasteiger partial charge in [0, 0.05) is 38.5 Å². The summed E-state index contributed by atoms with van der Waals surface area (Å²) < 4.78 is 44.0. The fourth-order valence-corrected chi connectivity index (χ4v) is 2.94. The number of aryl methyl sites for hydroxylation is 1. The van der Waals surface area contributed by atoms with Crippen LogP contribution in [-0.2, 0) is 15.7 Å². The Bertz CT molecular complexity index is 609. The lowest BCUT2D eigenvalue weighted by molar-refractivity contribution is -0.141. The number of halogens is 3. The Morgan fingerprint density at radius 3 is 2.54 bits per heavy atom. The van der Waals surface area contributed by atoms with Crippen LogP contribution in [0.5, 0.6) is 0 Å². The molecule has 0 aromatic carbocycles. The molecule has 0 N–H and O–H groups in total. The molecule has 3 heterocycles. The minimum atomic E-state index is -4.50. The number of piperazine rings is 1. The first kappa shape index (κ1) is 16.9. The lowest BCUT2D eigenvalue weighted by atomic mass is 10.2. The normalized spacial score (nSPS) is 22.1. The van der Waals surface area contributed by atoms with Crippen LogP contribution in [0.15, 0.2) is 6.07 Å². The number of carbonyl (C=O) groups excluding carboxylic acids is 1. The van der Waals surface area contributed by atoms with Gasteiger partial charge in [-0.3, -0.25) is 4.79 Å². The predicted molar refractivity (Wildman–Crippen MR) is 79.5 cm³/mol. The molecule has 2 saturated heterocycles. The number of hydrogen-bond acceptors (Lipinski definition) is 5. The molecular weight excluding hydrogens is 325 g/mol. The van der Waals surface area contributed by atoms with Crippen LogP contribution < -0.4 is 4.90 Å². The van der Waals surface area contributed by atoms with Crippen LogP contribution >= 0.6 is 0 Å². The zero-order valence-electron chi connectivity index (χ0n) is 13.3. The average molecular weight is 344 g/mol. The number of carbonyl (C=O) groups is 1. The number of amides is 1. The summed E-state index contributed by atoms with van der Waals surface area (Å²) in [6, 6.07) is 0.931. The molecule has 0 spiro atoms. The molecule has 1 atom stereocenters. The van der Waals surface area contributed by atoms with Crippen molar-refractivity contribution < 1.29 is 22.7 Å². The van der Waals surface area contributed by atoms with Gasteiger partial charge in [-0.15, -0.1) is 0 Å². The highest BCUT2D eigenvalue weighted by atomic mass is 19.4.